The molecule has 1 N–H and O–H groups in total. The van der Waals surface area contributed by atoms with Crippen LogP contribution in [0.1, 0.15) is 12.8 Å². The molecule has 1 saturated carbocycles. The van der Waals surface area contributed by atoms with Crippen LogP contribution in [0.5, 0.6) is 0 Å². The lowest BCUT2D eigenvalue weighted by Gasteiger charge is -2.04. The van der Waals surface area contributed by atoms with E-state index in [1.807, 2.05) is 0 Å². The Balaban J connectivity index is 1.96. The van der Waals surface area contributed by atoms with Gasteiger partial charge in [0.15, 0.2) is 0 Å². The summed E-state index contributed by atoms with van der Waals surface area (Å²) in [5.41, 5.74) is 0. The lowest BCUT2D eigenvalue weighted by atomic mass is 10.3. The first-order chi connectivity index (χ1) is 7.66. The molecule has 1 atom stereocenters. The summed E-state index contributed by atoms with van der Waals surface area (Å²) in [4.78, 5) is 11.5. The molecule has 1 amide bonds. The van der Waals surface area contributed by atoms with E-state index >= 15 is 0 Å². The van der Waals surface area contributed by atoms with Crippen LogP contribution in [0.25, 0.3) is 0 Å². The largest absolute Gasteiger partial charge is 0.353 e. The van der Waals surface area contributed by atoms with Gasteiger partial charge in [-0.2, -0.15) is 0 Å². The summed E-state index contributed by atoms with van der Waals surface area (Å²) in [5.74, 6) is -0.971. The monoisotopic (exact) mass is 241 g/mol. The van der Waals surface area contributed by atoms with Crippen molar-refractivity contribution in [3.8, 4) is 0 Å². The minimum atomic E-state index is -1.60. The van der Waals surface area contributed by atoms with Gasteiger partial charge >= 0.3 is 0 Å². The number of hydrogen-bond acceptors (Lipinski definition) is 2. The Morgan fingerprint density at radius 1 is 1.44 bits per heavy atom. The molecule has 0 spiro atoms. The molecule has 1 aliphatic rings. The molecule has 5 heteroatoms. The van der Waals surface area contributed by atoms with Crippen molar-refractivity contribution in [2.75, 3.05) is 5.75 Å². The zero-order valence-corrected chi connectivity index (χ0v) is 9.43. The number of carbonyl (C=O) groups excluding carboxylic acids is 1. The van der Waals surface area contributed by atoms with E-state index in [9.17, 15) is 13.4 Å². The maximum absolute atomic E-state index is 13.2. The maximum atomic E-state index is 13.2. The Morgan fingerprint density at radius 3 is 2.75 bits per heavy atom. The molecule has 1 unspecified atom stereocenters. The van der Waals surface area contributed by atoms with Gasteiger partial charge in [0.05, 0.1) is 15.7 Å². The van der Waals surface area contributed by atoms with Crippen LogP contribution < -0.4 is 5.32 Å². The van der Waals surface area contributed by atoms with Crippen molar-refractivity contribution in [2.24, 2.45) is 0 Å². The van der Waals surface area contributed by atoms with Gasteiger partial charge in [-0.05, 0) is 25.0 Å². The van der Waals surface area contributed by atoms with Crippen LogP contribution in [-0.4, -0.2) is 21.9 Å². The fraction of sp³-hybridized carbons (Fsp3) is 0.364. The highest BCUT2D eigenvalue weighted by atomic mass is 32.2. The van der Waals surface area contributed by atoms with E-state index < -0.39 is 16.6 Å². The summed E-state index contributed by atoms with van der Waals surface area (Å²) in [7, 11) is -1.60. The van der Waals surface area contributed by atoms with Gasteiger partial charge in [-0.1, -0.05) is 12.1 Å². The van der Waals surface area contributed by atoms with Gasteiger partial charge in [-0.3, -0.25) is 9.00 Å². The highest BCUT2D eigenvalue weighted by molar-refractivity contribution is 7.85. The Kier molecular flexibility index (Phi) is 3.33. The third-order valence-electron chi connectivity index (χ3n) is 2.29. The third-order valence-corrected chi connectivity index (χ3v) is 3.63. The molecule has 86 valence electrons. The molecule has 0 aliphatic heterocycles. The van der Waals surface area contributed by atoms with Gasteiger partial charge in [-0.15, -0.1) is 0 Å². The summed E-state index contributed by atoms with van der Waals surface area (Å²) in [5, 5.41) is 2.72. The van der Waals surface area contributed by atoms with Crippen molar-refractivity contribution in [3.05, 3.63) is 30.1 Å². The predicted molar refractivity (Wildman–Crippen MR) is 58.8 cm³/mol. The van der Waals surface area contributed by atoms with Crippen LogP contribution in [-0.2, 0) is 15.6 Å². The Labute approximate surface area is 95.5 Å². The maximum Gasteiger partial charge on any atom is 0.233 e. The minimum absolute atomic E-state index is 0.0912. The number of hydrogen-bond donors (Lipinski definition) is 1. The van der Waals surface area contributed by atoms with Crippen LogP contribution >= 0.6 is 0 Å². The lowest BCUT2D eigenvalue weighted by molar-refractivity contribution is -0.118. The zero-order chi connectivity index (χ0) is 11.5. The second-order valence-corrected chi connectivity index (χ2v) is 5.18. The third kappa shape index (κ3) is 2.88. The van der Waals surface area contributed by atoms with E-state index in [1.165, 1.54) is 18.2 Å². The molecule has 0 heterocycles. The summed E-state index contributed by atoms with van der Waals surface area (Å²) < 4.78 is 24.9. The highest BCUT2D eigenvalue weighted by Gasteiger charge is 2.24. The SMILES string of the molecule is O=C(CS(=O)c1ccccc1F)NC1CC1. The van der Waals surface area contributed by atoms with Crippen molar-refractivity contribution >= 4 is 16.7 Å². The van der Waals surface area contributed by atoms with Crippen molar-refractivity contribution < 1.29 is 13.4 Å². The van der Waals surface area contributed by atoms with E-state index in [0.717, 1.165) is 12.8 Å². The Bertz CT molecular complexity index is 432. The molecule has 2 rings (SSSR count). The molecule has 1 aliphatic carbocycles. The first-order valence-electron chi connectivity index (χ1n) is 5.09. The quantitative estimate of drug-likeness (QED) is 0.861. The van der Waals surface area contributed by atoms with Crippen LogP contribution in [0.3, 0.4) is 0 Å². The highest BCUT2D eigenvalue weighted by Crippen LogP contribution is 2.18. The molecule has 0 saturated heterocycles. The Hall–Kier alpha value is -1.23. The minimum Gasteiger partial charge on any atom is -0.353 e. The first kappa shape index (κ1) is 11.3. The van der Waals surface area contributed by atoms with E-state index in [4.69, 9.17) is 0 Å². The second kappa shape index (κ2) is 4.74. The van der Waals surface area contributed by atoms with E-state index in [2.05, 4.69) is 5.32 Å². The summed E-state index contributed by atoms with van der Waals surface area (Å²) in [6.07, 6.45) is 1.97. The molecule has 1 fully saturated rings. The van der Waals surface area contributed by atoms with Gasteiger partial charge in [0.25, 0.3) is 0 Å². The molecular formula is C11H12FNO2S. The van der Waals surface area contributed by atoms with E-state index in [-0.39, 0.29) is 22.6 Å². The molecule has 0 radical (unpaired) electrons. The van der Waals surface area contributed by atoms with Gasteiger partial charge < -0.3 is 5.32 Å². The average molecular weight is 241 g/mol. The lowest BCUT2D eigenvalue weighted by Crippen LogP contribution is -2.30. The number of benzene rings is 1. The van der Waals surface area contributed by atoms with Gasteiger partial charge in [0.2, 0.25) is 5.91 Å². The van der Waals surface area contributed by atoms with E-state index in [1.54, 1.807) is 6.07 Å². The van der Waals surface area contributed by atoms with Crippen LogP contribution in [0.4, 0.5) is 4.39 Å². The number of carbonyl (C=O) groups is 1. The molecule has 3 nitrogen and oxygen atoms in total. The molecule has 0 aromatic heterocycles. The van der Waals surface area contributed by atoms with Crippen LogP contribution in [0.2, 0.25) is 0 Å². The van der Waals surface area contributed by atoms with E-state index in [0.29, 0.717) is 0 Å². The van der Waals surface area contributed by atoms with Crippen molar-refractivity contribution in [2.45, 2.75) is 23.8 Å². The van der Waals surface area contributed by atoms with Gasteiger partial charge in [-0.25, -0.2) is 4.39 Å². The van der Waals surface area contributed by atoms with Crippen LogP contribution in [0, 0.1) is 5.82 Å². The predicted octanol–water partition coefficient (Wildman–Crippen LogP) is 1.21. The normalized spacial score (nSPS) is 16.8. The molecular weight excluding hydrogens is 229 g/mol. The van der Waals surface area contributed by atoms with Crippen molar-refractivity contribution in [1.29, 1.82) is 0 Å². The standard InChI is InChI=1S/C11H12FNO2S/c12-9-3-1-2-4-10(9)16(15)7-11(14)13-8-5-6-8/h1-4,8H,5-7H2,(H,13,14). The van der Waals surface area contributed by atoms with Crippen LogP contribution in [0.15, 0.2) is 29.2 Å². The summed E-state index contributed by atoms with van der Waals surface area (Å²) in [6.45, 7) is 0. The first-order valence-corrected chi connectivity index (χ1v) is 6.41. The molecule has 16 heavy (non-hydrogen) atoms. The van der Waals surface area contributed by atoms with Gasteiger partial charge in [0, 0.05) is 6.04 Å². The topological polar surface area (TPSA) is 46.2 Å². The molecule has 1 aromatic rings. The zero-order valence-electron chi connectivity index (χ0n) is 8.61. The van der Waals surface area contributed by atoms with Crippen molar-refractivity contribution in [1.82, 2.24) is 5.32 Å². The van der Waals surface area contributed by atoms with Crippen molar-refractivity contribution in [3.63, 3.8) is 0 Å². The molecule has 0 bridgehead atoms. The van der Waals surface area contributed by atoms with Gasteiger partial charge in [0.1, 0.15) is 11.6 Å². The number of rotatable bonds is 4. The average Bonchev–Trinajstić information content (AvgIpc) is 3.01. The number of nitrogens with one attached hydrogen (secondary N) is 1. The second-order valence-electron chi connectivity index (χ2n) is 3.76. The summed E-state index contributed by atoms with van der Waals surface area (Å²) in [6, 6.07) is 6.06. The summed E-state index contributed by atoms with van der Waals surface area (Å²) >= 11 is 0. The number of halogens is 1. The fourth-order valence-electron chi connectivity index (χ4n) is 1.32. The molecule has 1 aromatic carbocycles. The fourth-order valence-corrected chi connectivity index (χ4v) is 2.32. The smallest absolute Gasteiger partial charge is 0.233 e. The number of amides is 1. The Morgan fingerprint density at radius 2 is 2.12 bits per heavy atom.